The molecule has 0 unspecified atom stereocenters. The van der Waals surface area contributed by atoms with Gasteiger partial charge in [-0.05, 0) is 24.0 Å². The van der Waals surface area contributed by atoms with E-state index in [-0.39, 0.29) is 11.0 Å². The molecule has 4 N–H and O–H groups in total. The Morgan fingerprint density at radius 2 is 1.75 bits per heavy atom. The van der Waals surface area contributed by atoms with Crippen LogP contribution in [0.4, 0.5) is 11.4 Å². The molecule has 0 saturated carbocycles. The Morgan fingerprint density at radius 1 is 1.31 bits per heavy atom. The molecule has 0 heterocycles. The first kappa shape index (κ1) is 12.4. The summed E-state index contributed by atoms with van der Waals surface area (Å²) in [4.78, 5) is 10.7. The van der Waals surface area contributed by atoms with Gasteiger partial charge in [-0.1, -0.05) is 20.8 Å². The van der Waals surface area contributed by atoms with Crippen molar-refractivity contribution in [1.82, 2.24) is 0 Å². The monoisotopic (exact) mass is 221 g/mol. The van der Waals surface area contributed by atoms with Crippen LogP contribution < -0.4 is 16.6 Å². The molecule has 0 aliphatic heterocycles. The summed E-state index contributed by atoms with van der Waals surface area (Å²) in [6, 6.07) is 2.80. The van der Waals surface area contributed by atoms with Crippen molar-refractivity contribution in [2.24, 2.45) is 0 Å². The molecule has 0 atom stereocenters. The number of hydrogen-bond acceptors (Lipinski definition) is 4. The number of anilines is 2. The third-order valence-corrected chi connectivity index (χ3v) is 3.00. The number of carboxylic acids is 1. The molecule has 4 nitrogen and oxygen atoms in total. The second-order valence-corrected chi connectivity index (χ2v) is 4.55. The van der Waals surface area contributed by atoms with Crippen molar-refractivity contribution in [2.45, 2.75) is 32.6 Å². The zero-order chi connectivity index (χ0) is 12.5. The van der Waals surface area contributed by atoms with Gasteiger partial charge in [0.15, 0.2) is 0 Å². The predicted octanol–water partition coefficient (Wildman–Crippen LogP) is 0.902. The van der Waals surface area contributed by atoms with Gasteiger partial charge in [0.2, 0.25) is 0 Å². The molecule has 1 aromatic carbocycles. The number of rotatable bonds is 3. The van der Waals surface area contributed by atoms with Gasteiger partial charge < -0.3 is 21.4 Å². The Kier molecular flexibility index (Phi) is 3.12. The minimum atomic E-state index is -1.26. The van der Waals surface area contributed by atoms with Crippen molar-refractivity contribution in [2.75, 3.05) is 11.5 Å². The smallest absolute Gasteiger partial charge is 0.0716 e. The van der Waals surface area contributed by atoms with Crippen LogP contribution in [0.15, 0.2) is 12.1 Å². The van der Waals surface area contributed by atoms with Crippen molar-refractivity contribution in [1.29, 1.82) is 0 Å². The van der Waals surface area contributed by atoms with Gasteiger partial charge in [0, 0.05) is 22.5 Å². The summed E-state index contributed by atoms with van der Waals surface area (Å²) in [7, 11) is 0. The molecule has 1 rings (SSSR count). The summed E-state index contributed by atoms with van der Waals surface area (Å²) >= 11 is 0. The van der Waals surface area contributed by atoms with Crippen molar-refractivity contribution in [3.63, 3.8) is 0 Å². The molecule has 0 bridgehead atoms. The minimum Gasteiger partial charge on any atom is -0.545 e. The molecule has 4 heteroatoms. The molecule has 16 heavy (non-hydrogen) atoms. The van der Waals surface area contributed by atoms with Crippen LogP contribution in [0.5, 0.6) is 0 Å². The van der Waals surface area contributed by atoms with E-state index in [1.807, 2.05) is 20.8 Å². The molecule has 0 saturated heterocycles. The van der Waals surface area contributed by atoms with E-state index >= 15 is 0 Å². The first-order chi connectivity index (χ1) is 7.29. The largest absolute Gasteiger partial charge is 0.545 e. The van der Waals surface area contributed by atoms with Crippen LogP contribution in [0.25, 0.3) is 0 Å². The maximum Gasteiger partial charge on any atom is 0.0716 e. The molecule has 1 aromatic rings. The van der Waals surface area contributed by atoms with E-state index in [1.165, 1.54) is 12.1 Å². The lowest BCUT2D eigenvalue weighted by Gasteiger charge is -2.27. The number of carboxylic acid groups (broad SMARTS) is 1. The van der Waals surface area contributed by atoms with Crippen LogP contribution in [0.3, 0.4) is 0 Å². The van der Waals surface area contributed by atoms with E-state index in [0.717, 1.165) is 12.0 Å². The van der Waals surface area contributed by atoms with Crippen molar-refractivity contribution < 1.29 is 9.90 Å². The highest BCUT2D eigenvalue weighted by Crippen LogP contribution is 2.36. The number of nitrogens with two attached hydrogens (primary N) is 2. The Bertz CT molecular complexity index is 402. The normalized spacial score (nSPS) is 11.4. The number of hydrogen-bond donors (Lipinski definition) is 2. The number of carbonyl (C=O) groups excluding carboxylic acids is 1. The molecule has 0 fully saturated rings. The molecular weight excluding hydrogens is 204 g/mol. The van der Waals surface area contributed by atoms with Crippen LogP contribution in [-0.4, -0.2) is 5.97 Å². The second-order valence-electron chi connectivity index (χ2n) is 4.55. The summed E-state index contributed by atoms with van der Waals surface area (Å²) in [6.07, 6.45) is 0.867. The maximum absolute atomic E-state index is 10.7. The fourth-order valence-electron chi connectivity index (χ4n) is 1.76. The van der Waals surface area contributed by atoms with Crippen LogP contribution >= 0.6 is 0 Å². The Balaban J connectivity index is 3.39. The quantitative estimate of drug-likeness (QED) is 0.742. The van der Waals surface area contributed by atoms with E-state index in [4.69, 9.17) is 11.5 Å². The van der Waals surface area contributed by atoms with E-state index in [9.17, 15) is 9.90 Å². The first-order valence-corrected chi connectivity index (χ1v) is 5.20. The Morgan fingerprint density at radius 3 is 2.06 bits per heavy atom. The van der Waals surface area contributed by atoms with Gasteiger partial charge in [0.25, 0.3) is 0 Å². The average Bonchev–Trinajstić information content (AvgIpc) is 2.16. The van der Waals surface area contributed by atoms with Crippen LogP contribution in [0.1, 0.15) is 43.1 Å². The molecule has 88 valence electrons. The SMILES string of the molecule is CCC(C)(C)c1c(N)cc(C(=O)[O-])cc1N. The highest BCUT2D eigenvalue weighted by Gasteiger charge is 2.23. The van der Waals surface area contributed by atoms with Crippen molar-refractivity contribution >= 4 is 17.3 Å². The summed E-state index contributed by atoms with van der Waals surface area (Å²) in [5, 5.41) is 10.7. The number of nitrogen functional groups attached to an aromatic ring is 2. The second kappa shape index (κ2) is 4.04. The third-order valence-electron chi connectivity index (χ3n) is 3.00. The standard InChI is InChI=1S/C12H18N2O2/c1-4-12(2,3)10-8(13)5-7(11(15)16)6-9(10)14/h5-6H,4,13-14H2,1-3H3,(H,15,16)/p-1. The van der Waals surface area contributed by atoms with Gasteiger partial charge in [-0.3, -0.25) is 0 Å². The summed E-state index contributed by atoms with van der Waals surface area (Å²) < 4.78 is 0. The molecule has 0 aromatic heterocycles. The van der Waals surface area contributed by atoms with Gasteiger partial charge in [0.1, 0.15) is 0 Å². The lowest BCUT2D eigenvalue weighted by Crippen LogP contribution is -2.25. The minimum absolute atomic E-state index is 0.0191. The number of aromatic carboxylic acids is 1. The molecular formula is C12H17N2O2-. The molecule has 0 amide bonds. The summed E-state index contributed by atoms with van der Waals surface area (Å²) in [6.45, 7) is 6.08. The molecule has 0 radical (unpaired) electrons. The van der Waals surface area contributed by atoms with Gasteiger partial charge >= 0.3 is 0 Å². The summed E-state index contributed by atoms with van der Waals surface area (Å²) in [5.74, 6) is -1.26. The predicted molar refractivity (Wildman–Crippen MR) is 62.9 cm³/mol. The molecule has 0 aliphatic rings. The highest BCUT2D eigenvalue weighted by molar-refractivity contribution is 5.89. The zero-order valence-electron chi connectivity index (χ0n) is 9.83. The molecule has 0 aliphatic carbocycles. The van der Waals surface area contributed by atoms with Gasteiger partial charge in [-0.15, -0.1) is 0 Å². The number of carbonyl (C=O) groups is 1. The van der Waals surface area contributed by atoms with E-state index in [1.54, 1.807) is 0 Å². The van der Waals surface area contributed by atoms with Crippen LogP contribution in [0.2, 0.25) is 0 Å². The topological polar surface area (TPSA) is 92.2 Å². The Labute approximate surface area is 95.3 Å². The van der Waals surface area contributed by atoms with Crippen LogP contribution in [-0.2, 0) is 5.41 Å². The highest BCUT2D eigenvalue weighted by atomic mass is 16.4. The lowest BCUT2D eigenvalue weighted by atomic mass is 9.80. The fraction of sp³-hybridized carbons (Fsp3) is 0.417. The zero-order valence-corrected chi connectivity index (χ0v) is 9.83. The van der Waals surface area contributed by atoms with Crippen molar-refractivity contribution in [3.05, 3.63) is 23.3 Å². The van der Waals surface area contributed by atoms with E-state index < -0.39 is 5.97 Å². The van der Waals surface area contributed by atoms with E-state index in [0.29, 0.717) is 11.4 Å². The summed E-state index contributed by atoms with van der Waals surface area (Å²) in [5.41, 5.74) is 13.2. The molecule has 0 spiro atoms. The van der Waals surface area contributed by atoms with Gasteiger partial charge in [-0.25, -0.2) is 0 Å². The van der Waals surface area contributed by atoms with Gasteiger partial charge in [0.05, 0.1) is 5.97 Å². The van der Waals surface area contributed by atoms with Crippen molar-refractivity contribution in [3.8, 4) is 0 Å². The Hall–Kier alpha value is -1.71. The maximum atomic E-state index is 10.7. The van der Waals surface area contributed by atoms with Crippen LogP contribution in [0, 0.1) is 0 Å². The third kappa shape index (κ3) is 2.10. The van der Waals surface area contributed by atoms with Gasteiger partial charge in [-0.2, -0.15) is 0 Å². The van der Waals surface area contributed by atoms with E-state index in [2.05, 4.69) is 0 Å². The lowest BCUT2D eigenvalue weighted by molar-refractivity contribution is -0.255. The first-order valence-electron chi connectivity index (χ1n) is 5.20. The number of benzene rings is 1. The average molecular weight is 221 g/mol. The fourth-order valence-corrected chi connectivity index (χ4v) is 1.76.